The normalized spacial score (nSPS) is 43.4. The number of ketones is 2. The summed E-state index contributed by atoms with van der Waals surface area (Å²) in [5, 5.41) is 11.8. The van der Waals surface area contributed by atoms with E-state index in [1.54, 1.807) is 12.2 Å². The van der Waals surface area contributed by atoms with Gasteiger partial charge in [0.05, 0.1) is 18.8 Å². The summed E-state index contributed by atoms with van der Waals surface area (Å²) in [6.45, 7) is 5.85. The van der Waals surface area contributed by atoms with E-state index in [0.717, 1.165) is 24.8 Å². The number of ether oxygens (including phenoxy) is 2. The fraction of sp³-hybridized carbons (Fsp3) is 0.778. The number of fused-ring (bicyclic) bond motifs is 7. The molecule has 1 aliphatic heterocycles. The Kier molecular flexibility index (Phi) is 9.06. The predicted octanol–water partition coefficient (Wildman–Crippen LogP) is 3.17. The van der Waals surface area contributed by atoms with Gasteiger partial charge in [-0.3, -0.25) is 9.59 Å². The summed E-state index contributed by atoms with van der Waals surface area (Å²) in [6, 6.07) is 0. The lowest BCUT2D eigenvalue weighted by atomic mass is 9.46. The first-order valence-corrected chi connectivity index (χ1v) is 16.4. The van der Waals surface area contributed by atoms with Crippen LogP contribution in [-0.2, 0) is 32.4 Å². The van der Waals surface area contributed by atoms with Crippen LogP contribution in [0.5, 0.6) is 0 Å². The number of nitrogens with two attached hydrogens (primary N) is 1. The lowest BCUT2D eigenvalue weighted by molar-refractivity contribution is -0.200. The Balaban J connectivity index is 1.40. The van der Waals surface area contributed by atoms with Crippen LogP contribution in [0.15, 0.2) is 23.8 Å². The fourth-order valence-corrected chi connectivity index (χ4v) is 9.81. The van der Waals surface area contributed by atoms with Crippen molar-refractivity contribution in [3.05, 3.63) is 23.8 Å². The number of carbonyl (C=O) groups excluding carboxylic acids is 2. The van der Waals surface area contributed by atoms with Crippen LogP contribution in [0.4, 0.5) is 0 Å². The van der Waals surface area contributed by atoms with Crippen molar-refractivity contribution in [2.45, 2.75) is 83.4 Å². The van der Waals surface area contributed by atoms with Gasteiger partial charge in [-0.05, 0) is 56.1 Å². The SMILES string of the molecule is CCCC1OC2C[C@H]3C4CCC5=CC(=O)C=CC5(C)C4C(O)CC3(C)C2(C(=O)COP(O)OP(O)OCCN)O1. The minimum atomic E-state index is -2.59. The van der Waals surface area contributed by atoms with Gasteiger partial charge < -0.3 is 39.1 Å². The molecule has 5 rings (SSSR count). The van der Waals surface area contributed by atoms with E-state index in [4.69, 9.17) is 28.6 Å². The van der Waals surface area contributed by atoms with E-state index in [9.17, 15) is 24.5 Å². The van der Waals surface area contributed by atoms with Crippen LogP contribution in [0.2, 0.25) is 0 Å². The lowest BCUT2D eigenvalue weighted by Crippen LogP contribution is -2.63. The maximum absolute atomic E-state index is 14.1. The van der Waals surface area contributed by atoms with Gasteiger partial charge in [-0.15, -0.1) is 0 Å². The van der Waals surface area contributed by atoms with E-state index in [-0.39, 0.29) is 42.5 Å². The highest BCUT2D eigenvalue weighted by Gasteiger charge is 2.75. The molecule has 0 aromatic rings. The van der Waals surface area contributed by atoms with Gasteiger partial charge in [0, 0.05) is 23.3 Å². The molecular formula is C27H41NO10P2. The van der Waals surface area contributed by atoms with Crippen LogP contribution in [0.25, 0.3) is 0 Å². The first-order chi connectivity index (χ1) is 19.0. The molecule has 10 unspecified atom stereocenters. The first kappa shape index (κ1) is 30.8. The van der Waals surface area contributed by atoms with E-state index in [0.29, 0.717) is 19.3 Å². The van der Waals surface area contributed by atoms with Gasteiger partial charge in [-0.1, -0.05) is 38.8 Å². The molecule has 5 aliphatic rings. The lowest BCUT2D eigenvalue weighted by Gasteiger charge is -2.59. The van der Waals surface area contributed by atoms with E-state index in [1.165, 1.54) is 0 Å². The second-order valence-electron chi connectivity index (χ2n) is 12.0. The zero-order valence-corrected chi connectivity index (χ0v) is 25.0. The smallest absolute Gasteiger partial charge is 0.337 e. The molecule has 0 radical (unpaired) electrons. The zero-order valence-electron chi connectivity index (χ0n) is 23.2. The van der Waals surface area contributed by atoms with Crippen LogP contribution < -0.4 is 5.73 Å². The second-order valence-corrected chi connectivity index (χ2v) is 14.1. The summed E-state index contributed by atoms with van der Waals surface area (Å²) < 4.78 is 28.2. The number of hydrogen-bond donors (Lipinski definition) is 4. The second kappa shape index (κ2) is 11.8. The first-order valence-electron chi connectivity index (χ1n) is 14.1. The van der Waals surface area contributed by atoms with Crippen molar-refractivity contribution in [2.24, 2.45) is 34.3 Å². The Bertz CT molecular complexity index is 1060. The van der Waals surface area contributed by atoms with Gasteiger partial charge >= 0.3 is 17.2 Å². The molecule has 3 saturated carbocycles. The molecule has 0 aromatic heterocycles. The molecule has 0 aromatic carbocycles. The average Bonchev–Trinajstić information content (AvgIpc) is 3.38. The quantitative estimate of drug-likeness (QED) is 0.257. The van der Waals surface area contributed by atoms with Crippen LogP contribution in [0.1, 0.15) is 59.3 Å². The molecule has 1 saturated heterocycles. The van der Waals surface area contributed by atoms with E-state index < -0.39 is 58.7 Å². The molecule has 4 aliphatic carbocycles. The van der Waals surface area contributed by atoms with Crippen molar-refractivity contribution >= 4 is 28.8 Å². The van der Waals surface area contributed by atoms with Gasteiger partial charge in [-0.2, -0.15) is 0 Å². The third-order valence-corrected chi connectivity index (χ3v) is 11.9. The van der Waals surface area contributed by atoms with Gasteiger partial charge in [0.15, 0.2) is 23.5 Å². The van der Waals surface area contributed by atoms with Crippen LogP contribution in [-0.4, -0.2) is 70.3 Å². The van der Waals surface area contributed by atoms with Gasteiger partial charge in [0.2, 0.25) is 0 Å². The molecular weight excluding hydrogens is 560 g/mol. The Morgan fingerprint density at radius 2 is 2.00 bits per heavy atom. The van der Waals surface area contributed by atoms with Crippen LogP contribution in [0.3, 0.4) is 0 Å². The molecule has 11 nitrogen and oxygen atoms in total. The number of carbonyl (C=O) groups is 2. The van der Waals surface area contributed by atoms with E-state index >= 15 is 0 Å². The summed E-state index contributed by atoms with van der Waals surface area (Å²) in [4.78, 5) is 46.2. The summed E-state index contributed by atoms with van der Waals surface area (Å²) in [5.74, 6) is -0.369. The average molecular weight is 602 g/mol. The summed E-state index contributed by atoms with van der Waals surface area (Å²) in [7, 11) is -5.00. The molecule has 0 amide bonds. The van der Waals surface area contributed by atoms with Crippen molar-refractivity contribution in [1.29, 1.82) is 0 Å². The third-order valence-electron chi connectivity index (χ3n) is 9.99. The highest BCUT2D eigenvalue weighted by molar-refractivity contribution is 7.54. The maximum Gasteiger partial charge on any atom is 0.337 e. The highest BCUT2D eigenvalue weighted by Crippen LogP contribution is 2.70. The zero-order chi connectivity index (χ0) is 28.9. The topological polar surface area (TPSA) is 167 Å². The number of aliphatic hydroxyl groups is 1. The van der Waals surface area contributed by atoms with Crippen molar-refractivity contribution < 1.29 is 47.3 Å². The standard InChI is InChI=1S/C27H41NO10P2/c1-4-5-23-36-22-13-19-18-7-6-16-12-17(29)8-9-25(16,2)24(18)20(30)14-26(19,3)27(22,37-23)21(31)15-35-40(33)38-39(32)34-11-10-28/h8-9,12,18-20,22-24,30,32-33H,4-7,10-11,13-15,28H2,1-3H3/t18?,19-,20?,22?,23?,24?,25?,26?,27?,39?,40?/m0/s1. The number of hydrogen-bond acceptors (Lipinski definition) is 11. The minimum absolute atomic E-state index is 0.0164. The molecule has 11 atom stereocenters. The van der Waals surface area contributed by atoms with E-state index in [2.05, 4.69) is 6.92 Å². The maximum atomic E-state index is 14.1. The monoisotopic (exact) mass is 601 g/mol. The fourth-order valence-electron chi connectivity index (χ4n) is 8.46. The van der Waals surface area contributed by atoms with Crippen molar-refractivity contribution in [1.82, 2.24) is 0 Å². The van der Waals surface area contributed by atoms with Crippen LogP contribution in [0, 0.1) is 28.6 Å². The molecule has 5 N–H and O–H groups in total. The Labute approximate surface area is 237 Å². The molecule has 13 heteroatoms. The van der Waals surface area contributed by atoms with E-state index in [1.807, 2.05) is 19.9 Å². The molecule has 1 heterocycles. The molecule has 40 heavy (non-hydrogen) atoms. The molecule has 224 valence electrons. The van der Waals surface area contributed by atoms with Gasteiger partial charge in [0.25, 0.3) is 0 Å². The Hall–Kier alpha value is -0.680. The molecule has 4 fully saturated rings. The third kappa shape index (κ3) is 4.99. The largest absolute Gasteiger partial charge is 0.393 e. The number of Topliss-reactive ketones (excluding diaryl/α,β-unsaturated/α-hetero) is 1. The minimum Gasteiger partial charge on any atom is -0.393 e. The van der Waals surface area contributed by atoms with Gasteiger partial charge in [0.1, 0.15) is 6.61 Å². The van der Waals surface area contributed by atoms with Crippen molar-refractivity contribution in [3.8, 4) is 0 Å². The number of allylic oxidation sites excluding steroid dienone is 4. The summed E-state index contributed by atoms with van der Waals surface area (Å²) >= 11 is 0. The Morgan fingerprint density at radius 3 is 2.73 bits per heavy atom. The Morgan fingerprint density at radius 1 is 1.25 bits per heavy atom. The predicted molar refractivity (Wildman–Crippen MR) is 146 cm³/mol. The van der Waals surface area contributed by atoms with Crippen molar-refractivity contribution in [3.63, 3.8) is 0 Å². The molecule has 0 spiro atoms. The van der Waals surface area contributed by atoms with Gasteiger partial charge in [-0.25, -0.2) is 4.31 Å². The highest BCUT2D eigenvalue weighted by atomic mass is 31.2. The summed E-state index contributed by atoms with van der Waals surface area (Å²) in [6.07, 6.45) is 7.39. The number of aliphatic hydroxyl groups excluding tert-OH is 1. The number of rotatable bonds is 11. The summed E-state index contributed by atoms with van der Waals surface area (Å²) in [5.41, 5.74) is 3.86. The van der Waals surface area contributed by atoms with Crippen LogP contribution >= 0.6 is 17.2 Å². The molecule has 0 bridgehead atoms. The van der Waals surface area contributed by atoms with Crippen molar-refractivity contribution in [2.75, 3.05) is 19.8 Å².